The largest absolute Gasteiger partial charge is 0.458 e. The zero-order valence-corrected chi connectivity index (χ0v) is 19.5. The quantitative estimate of drug-likeness (QED) is 0.184. The monoisotopic (exact) mass is 419 g/mol. The highest BCUT2D eigenvalue weighted by atomic mass is 16.5. The lowest BCUT2D eigenvalue weighted by Crippen LogP contribution is -2.57. The van der Waals surface area contributed by atoms with E-state index in [-0.39, 0.29) is 24.2 Å². The molecule has 4 nitrogen and oxygen atoms in total. The number of hydrogen-bond acceptors (Lipinski definition) is 4. The number of carbonyl (C=O) groups is 1. The molecule has 2 fully saturated rings. The van der Waals surface area contributed by atoms with Crippen molar-refractivity contribution in [1.29, 1.82) is 0 Å². The number of piperidine rings is 1. The Kier molecular flexibility index (Phi) is 11.8. The number of esters is 1. The van der Waals surface area contributed by atoms with Crippen LogP contribution in [0.25, 0.3) is 0 Å². The third kappa shape index (κ3) is 8.55. The van der Waals surface area contributed by atoms with Crippen molar-refractivity contribution in [3.05, 3.63) is 24.3 Å². The lowest BCUT2D eigenvalue weighted by Gasteiger charge is -2.47. The van der Waals surface area contributed by atoms with Gasteiger partial charge in [-0.15, -0.1) is 0 Å². The van der Waals surface area contributed by atoms with E-state index in [0.717, 1.165) is 44.9 Å². The van der Waals surface area contributed by atoms with Gasteiger partial charge in [0, 0.05) is 18.2 Å². The van der Waals surface area contributed by atoms with Crippen LogP contribution in [0.3, 0.4) is 0 Å². The van der Waals surface area contributed by atoms with Gasteiger partial charge in [-0.25, -0.2) is 4.79 Å². The fourth-order valence-corrected chi connectivity index (χ4v) is 5.27. The van der Waals surface area contributed by atoms with E-state index in [9.17, 15) is 9.90 Å². The summed E-state index contributed by atoms with van der Waals surface area (Å²) in [6, 6.07) is 0.772. The van der Waals surface area contributed by atoms with E-state index in [2.05, 4.69) is 32.2 Å². The number of nitrogens with one attached hydrogen (secondary N) is 1. The van der Waals surface area contributed by atoms with Crippen LogP contribution in [0.1, 0.15) is 97.8 Å². The highest BCUT2D eigenvalue weighted by Crippen LogP contribution is 2.40. The SMILES string of the molecule is CCC/C=C/C=C/C(=O)O[C@@H]1C[C@H]2C(CCCCC(O)CCC)CCC[C@H]2N[C@@H]1C. The molecular weight excluding hydrogens is 374 g/mol. The average Bonchev–Trinajstić information content (AvgIpc) is 2.72. The Morgan fingerprint density at radius 1 is 1.17 bits per heavy atom. The molecule has 0 aromatic rings. The number of aliphatic hydroxyl groups is 1. The molecule has 1 heterocycles. The van der Waals surface area contributed by atoms with Crippen molar-refractivity contribution in [2.45, 2.75) is 122 Å². The second-order valence-corrected chi connectivity index (χ2v) is 9.43. The van der Waals surface area contributed by atoms with E-state index < -0.39 is 0 Å². The van der Waals surface area contributed by atoms with Gasteiger partial charge in [-0.3, -0.25) is 0 Å². The summed E-state index contributed by atoms with van der Waals surface area (Å²) in [5.41, 5.74) is 0. The van der Waals surface area contributed by atoms with Crippen LogP contribution < -0.4 is 5.32 Å². The molecule has 0 spiro atoms. The van der Waals surface area contributed by atoms with E-state index in [1.54, 1.807) is 12.2 Å². The van der Waals surface area contributed by atoms with E-state index >= 15 is 0 Å². The average molecular weight is 420 g/mol. The van der Waals surface area contributed by atoms with Gasteiger partial charge in [0.15, 0.2) is 0 Å². The summed E-state index contributed by atoms with van der Waals surface area (Å²) in [6.07, 6.45) is 20.6. The van der Waals surface area contributed by atoms with Crippen LogP contribution in [-0.2, 0) is 9.53 Å². The van der Waals surface area contributed by atoms with Gasteiger partial charge in [0.1, 0.15) is 6.10 Å². The molecule has 30 heavy (non-hydrogen) atoms. The molecule has 6 atom stereocenters. The highest BCUT2D eigenvalue weighted by molar-refractivity contribution is 5.82. The van der Waals surface area contributed by atoms with Gasteiger partial charge in [0.05, 0.1) is 6.10 Å². The van der Waals surface area contributed by atoms with Crippen molar-refractivity contribution < 1.29 is 14.6 Å². The topological polar surface area (TPSA) is 58.6 Å². The van der Waals surface area contributed by atoms with Crippen LogP contribution in [0, 0.1) is 11.8 Å². The molecule has 1 saturated heterocycles. The minimum atomic E-state index is -0.231. The standard InChI is InChI=1S/C26H45NO3/c1-4-6-7-8-9-18-26(29)30-25-19-23-21(14-10-11-16-22(28)13-5-2)15-12-17-24(23)27-20(25)3/h7-9,18,20-25,27-28H,4-6,10-17,19H2,1-3H3/b8-7+,18-9+/t20-,21?,22?,23+,24-,25-/m1/s1. The molecule has 0 aromatic heterocycles. The van der Waals surface area contributed by atoms with Gasteiger partial charge in [-0.1, -0.05) is 77.0 Å². The van der Waals surface area contributed by atoms with Crippen molar-refractivity contribution in [3.8, 4) is 0 Å². The Balaban J connectivity index is 1.82. The maximum Gasteiger partial charge on any atom is 0.331 e. The van der Waals surface area contributed by atoms with Gasteiger partial charge < -0.3 is 15.2 Å². The van der Waals surface area contributed by atoms with Crippen molar-refractivity contribution >= 4 is 5.97 Å². The Labute approximate surface area is 184 Å². The number of unbranched alkanes of at least 4 members (excludes halogenated alkanes) is 2. The summed E-state index contributed by atoms with van der Waals surface area (Å²) in [5, 5.41) is 13.7. The van der Waals surface area contributed by atoms with Crippen LogP contribution in [0.15, 0.2) is 24.3 Å². The Bertz CT molecular complexity index is 544. The first-order valence-corrected chi connectivity index (χ1v) is 12.5. The van der Waals surface area contributed by atoms with Gasteiger partial charge in [0.25, 0.3) is 0 Å². The first-order chi connectivity index (χ1) is 14.5. The second kappa shape index (κ2) is 14.0. The normalized spacial score (nSPS) is 30.5. The molecular formula is C26H45NO3. The molecule has 0 bridgehead atoms. The smallest absolute Gasteiger partial charge is 0.331 e. The number of fused-ring (bicyclic) bond motifs is 1. The van der Waals surface area contributed by atoms with Gasteiger partial charge in [0.2, 0.25) is 0 Å². The summed E-state index contributed by atoms with van der Waals surface area (Å²) in [4.78, 5) is 12.3. The maximum atomic E-state index is 12.3. The van der Waals surface area contributed by atoms with Gasteiger partial charge in [-0.05, 0) is 50.9 Å². The van der Waals surface area contributed by atoms with Gasteiger partial charge >= 0.3 is 5.97 Å². The third-order valence-corrected chi connectivity index (χ3v) is 6.94. The third-order valence-electron chi connectivity index (χ3n) is 6.94. The molecule has 4 heteroatoms. The van der Waals surface area contributed by atoms with Crippen LogP contribution in [-0.4, -0.2) is 35.4 Å². The predicted molar refractivity (Wildman–Crippen MR) is 124 cm³/mol. The van der Waals surface area contributed by atoms with E-state index in [0.29, 0.717) is 17.9 Å². The maximum absolute atomic E-state index is 12.3. The minimum absolute atomic E-state index is 0.0463. The summed E-state index contributed by atoms with van der Waals surface area (Å²) >= 11 is 0. The van der Waals surface area contributed by atoms with Gasteiger partial charge in [-0.2, -0.15) is 0 Å². The Hall–Kier alpha value is -1.13. The highest BCUT2D eigenvalue weighted by Gasteiger charge is 2.41. The number of ether oxygens (including phenoxy) is 1. The molecule has 1 aliphatic carbocycles. The zero-order chi connectivity index (χ0) is 21.8. The molecule has 0 amide bonds. The van der Waals surface area contributed by atoms with E-state index in [4.69, 9.17) is 4.74 Å². The Morgan fingerprint density at radius 3 is 2.77 bits per heavy atom. The summed E-state index contributed by atoms with van der Waals surface area (Å²) in [7, 11) is 0. The first kappa shape index (κ1) is 25.1. The lowest BCUT2D eigenvalue weighted by molar-refractivity contribution is -0.148. The molecule has 2 N–H and O–H groups in total. The molecule has 1 saturated carbocycles. The minimum Gasteiger partial charge on any atom is -0.458 e. The predicted octanol–water partition coefficient (Wildman–Crippen LogP) is 5.70. The van der Waals surface area contributed by atoms with Crippen molar-refractivity contribution in [2.75, 3.05) is 0 Å². The van der Waals surface area contributed by atoms with Crippen molar-refractivity contribution in [1.82, 2.24) is 5.32 Å². The number of rotatable bonds is 12. The zero-order valence-electron chi connectivity index (χ0n) is 19.5. The second-order valence-electron chi connectivity index (χ2n) is 9.43. The number of carbonyl (C=O) groups excluding carboxylic acids is 1. The number of allylic oxidation sites excluding steroid dienone is 3. The Morgan fingerprint density at radius 2 is 2.00 bits per heavy atom. The fourth-order valence-electron chi connectivity index (χ4n) is 5.27. The van der Waals surface area contributed by atoms with Crippen LogP contribution in [0.2, 0.25) is 0 Å². The molecule has 172 valence electrons. The molecule has 2 aliphatic rings. The summed E-state index contributed by atoms with van der Waals surface area (Å²) < 4.78 is 5.84. The fraction of sp³-hybridized carbons (Fsp3) is 0.808. The van der Waals surface area contributed by atoms with E-state index in [1.165, 1.54) is 32.1 Å². The van der Waals surface area contributed by atoms with Crippen LogP contribution in [0.5, 0.6) is 0 Å². The number of aliphatic hydroxyl groups excluding tert-OH is 1. The van der Waals surface area contributed by atoms with Crippen molar-refractivity contribution in [3.63, 3.8) is 0 Å². The molecule has 2 rings (SSSR count). The van der Waals surface area contributed by atoms with Crippen molar-refractivity contribution in [2.24, 2.45) is 11.8 Å². The van der Waals surface area contributed by atoms with Crippen LogP contribution in [0.4, 0.5) is 0 Å². The number of hydrogen-bond donors (Lipinski definition) is 2. The first-order valence-electron chi connectivity index (χ1n) is 12.5. The molecule has 1 aliphatic heterocycles. The molecule has 0 aromatic carbocycles. The van der Waals surface area contributed by atoms with E-state index in [1.807, 2.05) is 6.08 Å². The molecule has 0 radical (unpaired) electrons. The molecule has 2 unspecified atom stereocenters. The lowest BCUT2D eigenvalue weighted by atomic mass is 9.68. The summed E-state index contributed by atoms with van der Waals surface area (Å²) in [5.74, 6) is 1.08. The van der Waals surface area contributed by atoms with Crippen LogP contribution >= 0.6 is 0 Å². The summed E-state index contributed by atoms with van der Waals surface area (Å²) in [6.45, 7) is 6.42.